The second-order valence-corrected chi connectivity index (χ2v) is 6.02. The molecule has 0 fully saturated rings. The lowest BCUT2D eigenvalue weighted by atomic mass is 10.0. The van der Waals surface area contributed by atoms with E-state index in [1.54, 1.807) is 7.11 Å². The van der Waals surface area contributed by atoms with E-state index < -0.39 is 0 Å². The van der Waals surface area contributed by atoms with Crippen LogP contribution in [0.5, 0.6) is 5.75 Å². The summed E-state index contributed by atoms with van der Waals surface area (Å²) in [5.41, 5.74) is 2.29. The molecule has 0 aliphatic carbocycles. The summed E-state index contributed by atoms with van der Waals surface area (Å²) >= 11 is 30.6. The normalized spacial score (nSPS) is 10.8. The zero-order chi connectivity index (χ0) is 15.0. The summed E-state index contributed by atoms with van der Waals surface area (Å²) in [4.78, 5) is 0. The number of benzene rings is 2. The maximum Gasteiger partial charge on any atom is 0.121 e. The molecule has 0 aromatic heterocycles. The highest BCUT2D eigenvalue weighted by molar-refractivity contribution is 6.56. The molecule has 0 aliphatic rings. The SMILES string of the molecule is COc1ccc(-c2c(Cl)c(Cl)c(Cl)c(Cl)c2Cl)cc1C. The molecule has 1 nitrogen and oxygen atoms in total. The van der Waals surface area contributed by atoms with Crippen LogP contribution in [0.1, 0.15) is 5.56 Å². The molecular formula is C14H9Cl5O. The fourth-order valence-electron chi connectivity index (χ4n) is 1.89. The van der Waals surface area contributed by atoms with E-state index in [-0.39, 0.29) is 25.1 Å². The summed E-state index contributed by atoms with van der Waals surface area (Å²) in [6.07, 6.45) is 0. The molecule has 0 saturated carbocycles. The van der Waals surface area contributed by atoms with E-state index in [2.05, 4.69) is 0 Å². The van der Waals surface area contributed by atoms with E-state index in [9.17, 15) is 0 Å². The summed E-state index contributed by atoms with van der Waals surface area (Å²) in [6, 6.07) is 5.56. The lowest BCUT2D eigenvalue weighted by Gasteiger charge is -2.14. The maximum absolute atomic E-state index is 6.25. The first-order chi connectivity index (χ1) is 9.38. The minimum atomic E-state index is 0.150. The average Bonchev–Trinajstić information content (AvgIpc) is 2.43. The van der Waals surface area contributed by atoms with Crippen LogP contribution in [0, 0.1) is 6.92 Å². The Morgan fingerprint density at radius 2 is 1.30 bits per heavy atom. The number of aryl methyl sites for hydroxylation is 1. The summed E-state index contributed by atoms with van der Waals surface area (Å²) in [5.74, 6) is 0.771. The summed E-state index contributed by atoms with van der Waals surface area (Å²) < 4.78 is 5.22. The zero-order valence-electron chi connectivity index (χ0n) is 10.5. The Morgan fingerprint density at radius 3 is 1.75 bits per heavy atom. The van der Waals surface area contributed by atoms with Crippen LogP contribution in [0.4, 0.5) is 0 Å². The van der Waals surface area contributed by atoms with Gasteiger partial charge in [-0.05, 0) is 30.2 Å². The Hall–Kier alpha value is -0.310. The van der Waals surface area contributed by atoms with Crippen LogP contribution < -0.4 is 4.74 Å². The highest BCUT2D eigenvalue weighted by atomic mass is 35.5. The van der Waals surface area contributed by atoms with Crippen molar-refractivity contribution in [1.29, 1.82) is 0 Å². The van der Waals surface area contributed by atoms with Gasteiger partial charge in [0.2, 0.25) is 0 Å². The van der Waals surface area contributed by atoms with Crippen molar-refractivity contribution in [2.24, 2.45) is 0 Å². The van der Waals surface area contributed by atoms with Crippen molar-refractivity contribution in [2.75, 3.05) is 7.11 Å². The van der Waals surface area contributed by atoms with Gasteiger partial charge in [-0.25, -0.2) is 0 Å². The monoisotopic (exact) mass is 368 g/mol. The van der Waals surface area contributed by atoms with Crippen LogP contribution in [-0.4, -0.2) is 7.11 Å². The largest absolute Gasteiger partial charge is 0.496 e. The second kappa shape index (κ2) is 6.21. The molecule has 20 heavy (non-hydrogen) atoms. The molecule has 0 N–H and O–H groups in total. The van der Waals surface area contributed by atoms with E-state index in [1.165, 1.54) is 0 Å². The van der Waals surface area contributed by atoms with Gasteiger partial charge in [-0.3, -0.25) is 0 Å². The lowest BCUT2D eigenvalue weighted by molar-refractivity contribution is 0.412. The van der Waals surface area contributed by atoms with Crippen LogP contribution in [0.2, 0.25) is 25.1 Å². The van der Waals surface area contributed by atoms with Gasteiger partial charge in [0.05, 0.1) is 32.2 Å². The minimum absolute atomic E-state index is 0.150. The molecular weight excluding hydrogens is 361 g/mol. The third kappa shape index (κ3) is 2.70. The molecule has 0 spiro atoms. The molecule has 0 radical (unpaired) electrons. The maximum atomic E-state index is 6.25. The van der Waals surface area contributed by atoms with Crippen molar-refractivity contribution in [3.05, 3.63) is 48.9 Å². The Balaban J connectivity index is 2.73. The standard InChI is InChI=1S/C14H9Cl5O/c1-6-5-7(3-4-8(6)20-2)9-10(15)12(17)14(19)13(18)11(9)16/h3-5H,1-2H3. The predicted octanol–water partition coefficient (Wildman–Crippen LogP) is 6.94. The lowest BCUT2D eigenvalue weighted by Crippen LogP contribution is -1.90. The quantitative estimate of drug-likeness (QED) is 0.411. The molecule has 6 heteroatoms. The van der Waals surface area contributed by atoms with Crippen molar-refractivity contribution in [2.45, 2.75) is 6.92 Å². The van der Waals surface area contributed by atoms with Crippen molar-refractivity contribution < 1.29 is 4.74 Å². The van der Waals surface area contributed by atoms with E-state index in [1.807, 2.05) is 25.1 Å². The van der Waals surface area contributed by atoms with Gasteiger partial charge < -0.3 is 4.74 Å². The average molecular weight is 370 g/mol. The number of halogens is 5. The van der Waals surface area contributed by atoms with Gasteiger partial charge >= 0.3 is 0 Å². The van der Waals surface area contributed by atoms with Crippen LogP contribution in [-0.2, 0) is 0 Å². The van der Waals surface area contributed by atoms with Crippen molar-refractivity contribution in [3.8, 4) is 16.9 Å². The number of hydrogen-bond donors (Lipinski definition) is 0. The molecule has 0 saturated heterocycles. The third-order valence-corrected chi connectivity index (χ3v) is 5.17. The van der Waals surface area contributed by atoms with Gasteiger partial charge in [0.1, 0.15) is 5.75 Å². The smallest absolute Gasteiger partial charge is 0.121 e. The molecule has 2 aromatic carbocycles. The number of rotatable bonds is 2. The van der Waals surface area contributed by atoms with Gasteiger partial charge in [0.25, 0.3) is 0 Å². The molecule has 0 atom stereocenters. The first-order valence-electron chi connectivity index (χ1n) is 5.55. The zero-order valence-corrected chi connectivity index (χ0v) is 14.3. The van der Waals surface area contributed by atoms with E-state index >= 15 is 0 Å². The van der Waals surface area contributed by atoms with Gasteiger partial charge in [-0.1, -0.05) is 64.1 Å². The second-order valence-electron chi connectivity index (χ2n) is 4.13. The predicted molar refractivity (Wildman–Crippen MR) is 88.2 cm³/mol. The molecule has 2 rings (SSSR count). The first kappa shape index (κ1) is 16.1. The molecule has 0 aliphatic heterocycles. The van der Waals surface area contributed by atoms with Crippen LogP contribution in [0.25, 0.3) is 11.1 Å². The minimum Gasteiger partial charge on any atom is -0.496 e. The van der Waals surface area contributed by atoms with Crippen LogP contribution in [0.15, 0.2) is 18.2 Å². The van der Waals surface area contributed by atoms with Crippen LogP contribution in [0.3, 0.4) is 0 Å². The van der Waals surface area contributed by atoms with Crippen LogP contribution >= 0.6 is 58.0 Å². The molecule has 0 amide bonds. The van der Waals surface area contributed by atoms with Crippen molar-refractivity contribution >= 4 is 58.0 Å². The topological polar surface area (TPSA) is 9.23 Å². The number of methoxy groups -OCH3 is 1. The Bertz CT molecular complexity index is 653. The van der Waals surface area contributed by atoms with Gasteiger partial charge in [0, 0.05) is 5.56 Å². The number of ether oxygens (including phenoxy) is 1. The fourth-order valence-corrected chi connectivity index (χ4v) is 3.25. The fraction of sp³-hybridized carbons (Fsp3) is 0.143. The number of hydrogen-bond acceptors (Lipinski definition) is 1. The molecule has 0 bridgehead atoms. The van der Waals surface area contributed by atoms with E-state index in [0.29, 0.717) is 5.56 Å². The highest BCUT2D eigenvalue weighted by Crippen LogP contribution is 2.48. The molecule has 0 unspecified atom stereocenters. The molecule has 106 valence electrons. The summed E-state index contributed by atoms with van der Waals surface area (Å²) in [5, 5.41) is 1.07. The molecule has 2 aromatic rings. The van der Waals surface area contributed by atoms with Gasteiger partial charge in [0.15, 0.2) is 0 Å². The first-order valence-corrected chi connectivity index (χ1v) is 7.44. The summed E-state index contributed by atoms with van der Waals surface area (Å²) in [7, 11) is 1.61. The Kier molecular flexibility index (Phi) is 4.99. The highest BCUT2D eigenvalue weighted by Gasteiger charge is 2.20. The van der Waals surface area contributed by atoms with E-state index in [4.69, 9.17) is 62.7 Å². The van der Waals surface area contributed by atoms with Gasteiger partial charge in [-0.2, -0.15) is 0 Å². The van der Waals surface area contributed by atoms with Crippen molar-refractivity contribution in [3.63, 3.8) is 0 Å². The summed E-state index contributed by atoms with van der Waals surface area (Å²) in [6.45, 7) is 1.92. The third-order valence-electron chi connectivity index (χ3n) is 2.89. The Labute approximate surface area is 142 Å². The van der Waals surface area contributed by atoms with E-state index in [0.717, 1.165) is 16.9 Å². The van der Waals surface area contributed by atoms with Crippen molar-refractivity contribution in [1.82, 2.24) is 0 Å². The van der Waals surface area contributed by atoms with Gasteiger partial charge in [-0.15, -0.1) is 0 Å². The Morgan fingerprint density at radius 1 is 0.800 bits per heavy atom. The molecule has 0 heterocycles.